The Bertz CT molecular complexity index is 1680. The monoisotopic (exact) mass is 806 g/mol. The van der Waals surface area contributed by atoms with Crippen molar-refractivity contribution in [3.63, 3.8) is 0 Å². The minimum Gasteiger partial charge on any atom is -0.463 e. The van der Waals surface area contributed by atoms with Crippen LogP contribution >= 0.6 is 0 Å². The minimum absolute atomic E-state index is 0.0563. The number of fused-ring (bicyclic) bond motifs is 3. The molecule has 4 aliphatic rings. The van der Waals surface area contributed by atoms with Crippen LogP contribution in [0.4, 0.5) is 13.2 Å². The van der Waals surface area contributed by atoms with E-state index in [-0.39, 0.29) is 19.8 Å². The van der Waals surface area contributed by atoms with Crippen molar-refractivity contribution in [2.45, 2.75) is 127 Å². The lowest BCUT2D eigenvalue weighted by Crippen LogP contribution is -2.63. The highest BCUT2D eigenvalue weighted by Crippen LogP contribution is 2.44. The summed E-state index contributed by atoms with van der Waals surface area (Å²) in [6.07, 6.45) is -16.4. The zero-order valence-corrected chi connectivity index (χ0v) is 31.6. The van der Waals surface area contributed by atoms with Gasteiger partial charge in [0.1, 0.15) is 49.3 Å². The van der Waals surface area contributed by atoms with E-state index in [0.717, 1.165) is 0 Å². The molecule has 19 heteroatoms. The highest BCUT2D eigenvalue weighted by Gasteiger charge is 2.61. The van der Waals surface area contributed by atoms with Crippen LogP contribution in [0.25, 0.3) is 0 Å². The van der Waals surface area contributed by atoms with Crippen LogP contribution in [0.5, 0.6) is 0 Å². The van der Waals surface area contributed by atoms with Crippen molar-refractivity contribution >= 4 is 16.4 Å². The van der Waals surface area contributed by atoms with E-state index in [2.05, 4.69) is 4.18 Å². The van der Waals surface area contributed by atoms with E-state index < -0.39 is 109 Å². The summed E-state index contributed by atoms with van der Waals surface area (Å²) in [5.41, 5.74) is 1.36. The first kappa shape index (κ1) is 41.8. The van der Waals surface area contributed by atoms with Crippen molar-refractivity contribution < 1.29 is 82.1 Å². The molecule has 4 saturated heterocycles. The zero-order chi connectivity index (χ0) is 39.6. The Morgan fingerprint density at radius 2 is 1.27 bits per heavy atom. The lowest BCUT2D eigenvalue weighted by molar-refractivity contribution is -0.323. The topological polar surface area (TPSA) is 162 Å². The molecule has 306 valence electrons. The van der Waals surface area contributed by atoms with Gasteiger partial charge in [-0.25, -0.2) is 8.37 Å². The number of carbonyl (C=O) groups excluding carboxylic acids is 1. The van der Waals surface area contributed by atoms with E-state index in [1.807, 2.05) is 0 Å². The second-order valence-corrected chi connectivity index (χ2v) is 15.5. The Morgan fingerprint density at radius 1 is 0.709 bits per heavy atom. The molecule has 0 amide bonds. The summed E-state index contributed by atoms with van der Waals surface area (Å²) in [5, 5.41) is 0. The minimum atomic E-state index is -5.41. The molecule has 0 N–H and O–H groups in total. The third kappa shape index (κ3) is 11.2. The van der Waals surface area contributed by atoms with Crippen LogP contribution in [-0.4, -0.2) is 113 Å². The molecular weight excluding hydrogens is 761 g/mol. The van der Waals surface area contributed by atoms with Gasteiger partial charge in [0.25, 0.3) is 0 Å². The van der Waals surface area contributed by atoms with Crippen molar-refractivity contribution in [3.05, 3.63) is 71.8 Å². The van der Waals surface area contributed by atoms with E-state index in [0.29, 0.717) is 11.1 Å². The number of halogens is 3. The number of ether oxygens (including phenoxy) is 10. The summed E-state index contributed by atoms with van der Waals surface area (Å²) in [7, 11) is -5.41. The number of rotatable bonds is 15. The van der Waals surface area contributed by atoms with Gasteiger partial charge in [0.2, 0.25) is 0 Å². The van der Waals surface area contributed by atoms with Gasteiger partial charge in [-0.15, -0.1) is 0 Å². The predicted octanol–water partition coefficient (Wildman–Crippen LogP) is 4.07. The van der Waals surface area contributed by atoms with Crippen LogP contribution in [0.3, 0.4) is 0 Å². The normalized spacial score (nSPS) is 32.8. The molecule has 0 aliphatic carbocycles. The zero-order valence-electron chi connectivity index (χ0n) is 30.7. The van der Waals surface area contributed by atoms with Gasteiger partial charge in [-0.05, 0) is 38.8 Å². The Labute approximate surface area is 316 Å². The van der Waals surface area contributed by atoms with E-state index in [1.54, 1.807) is 88.4 Å². The first-order chi connectivity index (χ1) is 25.9. The molecule has 2 aromatic rings. The molecule has 4 heterocycles. The second-order valence-electron chi connectivity index (χ2n) is 14.3. The van der Waals surface area contributed by atoms with Crippen LogP contribution in [0, 0.1) is 0 Å². The first-order valence-corrected chi connectivity index (χ1v) is 18.9. The lowest BCUT2D eigenvalue weighted by atomic mass is 9.97. The smallest absolute Gasteiger partial charge is 0.413 e. The highest BCUT2D eigenvalue weighted by molar-refractivity contribution is 7.81. The van der Waals surface area contributed by atoms with Gasteiger partial charge in [0, 0.05) is 6.92 Å². The molecule has 0 radical (unpaired) electrons. The van der Waals surface area contributed by atoms with Crippen molar-refractivity contribution in [1.29, 1.82) is 0 Å². The number of esters is 1. The second kappa shape index (κ2) is 17.0. The molecule has 0 aromatic heterocycles. The van der Waals surface area contributed by atoms with Gasteiger partial charge in [0.05, 0.1) is 19.8 Å². The van der Waals surface area contributed by atoms with E-state index in [9.17, 15) is 26.4 Å². The largest absolute Gasteiger partial charge is 0.463 e. The van der Waals surface area contributed by atoms with Crippen LogP contribution in [0.1, 0.15) is 45.7 Å². The third-order valence-corrected chi connectivity index (χ3v) is 9.75. The summed E-state index contributed by atoms with van der Waals surface area (Å²) in [6, 6.07) is 17.7. The summed E-state index contributed by atoms with van der Waals surface area (Å²) in [4.78, 5) is 12.0. The Morgan fingerprint density at radius 3 is 1.87 bits per heavy atom. The molecule has 0 spiro atoms. The molecule has 4 fully saturated rings. The molecule has 2 aromatic carbocycles. The molecule has 0 unspecified atom stereocenters. The molecular formula is C36H45F3O15S. The number of hydrogen-bond acceptors (Lipinski definition) is 15. The summed E-state index contributed by atoms with van der Waals surface area (Å²) < 4.78 is 136. The predicted molar refractivity (Wildman–Crippen MR) is 180 cm³/mol. The molecule has 15 nitrogen and oxygen atoms in total. The fourth-order valence-corrected chi connectivity index (χ4v) is 7.50. The Hall–Kier alpha value is -2.79. The van der Waals surface area contributed by atoms with Crippen molar-refractivity contribution in [2.75, 3.05) is 19.8 Å². The number of alkyl halides is 3. The van der Waals surface area contributed by atoms with Crippen molar-refractivity contribution in [3.8, 4) is 0 Å². The fourth-order valence-electron chi connectivity index (χ4n) is 6.69. The van der Waals surface area contributed by atoms with Gasteiger partial charge < -0.3 is 47.4 Å². The molecule has 4 aliphatic heterocycles. The quantitative estimate of drug-likeness (QED) is 0.237. The van der Waals surface area contributed by atoms with E-state index in [1.165, 1.54) is 6.92 Å². The number of benzene rings is 2. The Balaban J connectivity index is 1.33. The Kier molecular flexibility index (Phi) is 12.9. The number of hydrogen-bond donors (Lipinski definition) is 0. The average molecular weight is 807 g/mol. The standard InChI is InChI=1S/C36H45F3O15S/c1-21(40)43-18-24-26(44-16-22-12-8-6-9-13-22)28(45-17-23-14-10-7-11-15-23)31(54-55(41,42)47-20-36(37,38)39)32(48-24)46-19-25-27-29(51-34(2,3)50-27)30-33(49-25)53-35(4,5)52-30/h6-15,24-33H,16-20H2,1-5H3/t24-,25-,26-,27+,28+,29+,30-,31-,32-,33-/m1/s1. The summed E-state index contributed by atoms with van der Waals surface area (Å²) >= 11 is 0. The van der Waals surface area contributed by atoms with E-state index in [4.69, 9.17) is 51.6 Å². The number of carbonyl (C=O) groups is 1. The maximum Gasteiger partial charge on any atom is 0.413 e. The van der Waals surface area contributed by atoms with Gasteiger partial charge in [-0.1, -0.05) is 60.7 Å². The van der Waals surface area contributed by atoms with Crippen LogP contribution in [0.2, 0.25) is 0 Å². The lowest BCUT2D eigenvalue weighted by Gasteiger charge is -2.45. The van der Waals surface area contributed by atoms with Crippen LogP contribution in [0.15, 0.2) is 60.7 Å². The van der Waals surface area contributed by atoms with Crippen molar-refractivity contribution in [2.24, 2.45) is 0 Å². The highest BCUT2D eigenvalue weighted by atomic mass is 32.3. The van der Waals surface area contributed by atoms with Gasteiger partial charge in [-0.3, -0.25) is 4.79 Å². The maximum absolute atomic E-state index is 13.1. The van der Waals surface area contributed by atoms with Gasteiger partial charge in [0.15, 0.2) is 36.9 Å². The van der Waals surface area contributed by atoms with Crippen LogP contribution in [-0.2, 0) is 84.1 Å². The molecule has 0 saturated carbocycles. The molecule has 0 bridgehead atoms. The fraction of sp³-hybridized carbons (Fsp3) is 0.639. The summed E-state index contributed by atoms with van der Waals surface area (Å²) in [6.45, 7) is 4.88. The first-order valence-electron chi connectivity index (χ1n) is 17.6. The molecule has 6 rings (SSSR count). The maximum atomic E-state index is 13.1. The SMILES string of the molecule is CC(=O)OC[C@H]1O[C@@H](OC[C@H]2O[C@@H]3OC(C)(C)O[C@@H]3[C@H]3OC(C)(C)O[C@H]32)[C@H](OS(=O)(=O)OCC(F)(F)F)[C@@H](OCc2ccccc2)[C@@H]1OCc1ccccc1. The average Bonchev–Trinajstić information content (AvgIpc) is 3.62. The van der Waals surface area contributed by atoms with Gasteiger partial charge in [-0.2, -0.15) is 21.6 Å². The third-order valence-electron chi connectivity index (χ3n) is 8.88. The molecule has 55 heavy (non-hydrogen) atoms. The van der Waals surface area contributed by atoms with E-state index >= 15 is 0 Å². The van der Waals surface area contributed by atoms with Gasteiger partial charge >= 0.3 is 22.5 Å². The van der Waals surface area contributed by atoms with Crippen LogP contribution < -0.4 is 0 Å². The summed E-state index contributed by atoms with van der Waals surface area (Å²) in [5.74, 6) is -2.75. The van der Waals surface area contributed by atoms with Crippen molar-refractivity contribution in [1.82, 2.24) is 0 Å². The molecule has 10 atom stereocenters.